The van der Waals surface area contributed by atoms with E-state index in [9.17, 15) is 9.59 Å². The van der Waals surface area contributed by atoms with Crippen molar-refractivity contribution in [2.45, 2.75) is 65.8 Å². The largest absolute Gasteiger partial charge is 0.369 e. The minimum Gasteiger partial charge on any atom is -0.369 e. The molecule has 1 saturated carbocycles. The highest BCUT2D eigenvalue weighted by Crippen LogP contribution is 2.37. The van der Waals surface area contributed by atoms with Crippen molar-refractivity contribution in [3.05, 3.63) is 0 Å². The van der Waals surface area contributed by atoms with Gasteiger partial charge in [0.1, 0.15) is 0 Å². The average molecular weight is 282 g/mol. The van der Waals surface area contributed by atoms with E-state index in [1.807, 2.05) is 34.6 Å². The van der Waals surface area contributed by atoms with Crippen LogP contribution in [0.15, 0.2) is 0 Å². The smallest absolute Gasteiger partial charge is 0.224 e. The van der Waals surface area contributed by atoms with E-state index < -0.39 is 0 Å². The number of nitrogens with one attached hydrogen (secondary N) is 1. The first kappa shape index (κ1) is 17.0. The molecular formula is C16H30N2O2. The highest BCUT2D eigenvalue weighted by Gasteiger charge is 2.37. The van der Waals surface area contributed by atoms with Crippen molar-refractivity contribution in [3.63, 3.8) is 0 Å². The average Bonchev–Trinajstić information content (AvgIpc) is 3.03. The molecule has 0 bridgehead atoms. The fourth-order valence-corrected chi connectivity index (χ4v) is 2.72. The van der Waals surface area contributed by atoms with E-state index in [0.29, 0.717) is 0 Å². The lowest BCUT2D eigenvalue weighted by Crippen LogP contribution is -2.49. The van der Waals surface area contributed by atoms with Crippen LogP contribution in [0.4, 0.5) is 0 Å². The first-order valence-electron chi connectivity index (χ1n) is 7.73. The summed E-state index contributed by atoms with van der Waals surface area (Å²) in [6.45, 7) is 9.82. The van der Waals surface area contributed by atoms with Gasteiger partial charge in [0.2, 0.25) is 11.8 Å². The highest BCUT2D eigenvalue weighted by atomic mass is 16.2. The second-order valence-corrected chi connectivity index (χ2v) is 7.54. The number of hydrogen-bond donors (Lipinski definition) is 2. The molecule has 0 aromatic heterocycles. The number of carbonyl (C=O) groups excluding carboxylic acids is 2. The Morgan fingerprint density at radius 2 is 1.80 bits per heavy atom. The van der Waals surface area contributed by atoms with Crippen molar-refractivity contribution >= 4 is 11.8 Å². The fourth-order valence-electron chi connectivity index (χ4n) is 2.72. The van der Waals surface area contributed by atoms with Gasteiger partial charge in [-0.15, -0.1) is 0 Å². The third-order valence-corrected chi connectivity index (χ3v) is 3.90. The van der Waals surface area contributed by atoms with Crippen LogP contribution in [-0.4, -0.2) is 17.4 Å². The van der Waals surface area contributed by atoms with Gasteiger partial charge in [0.25, 0.3) is 0 Å². The summed E-state index contributed by atoms with van der Waals surface area (Å²) in [4.78, 5) is 24.3. The van der Waals surface area contributed by atoms with Crippen LogP contribution in [0.1, 0.15) is 60.3 Å². The van der Waals surface area contributed by atoms with Crippen LogP contribution in [0, 0.1) is 23.7 Å². The van der Waals surface area contributed by atoms with Crippen molar-refractivity contribution < 1.29 is 9.59 Å². The quantitative estimate of drug-likeness (QED) is 0.753. The standard InChI is InChI=1S/C16H30N2O2/c1-10(2)13(15(20)18-16(3,4)5)12(14(17)19)9-8-11-6-7-11/h10-13H,6-9H2,1-5H3,(H2,17,19)(H,18,20)/t12-,13+/m0/s1. The minimum absolute atomic E-state index is 0.0490. The second kappa shape index (κ2) is 6.59. The molecule has 1 fully saturated rings. The first-order chi connectivity index (χ1) is 9.11. The molecule has 2 atom stereocenters. The summed E-state index contributed by atoms with van der Waals surface area (Å²) >= 11 is 0. The molecule has 3 N–H and O–H groups in total. The van der Waals surface area contributed by atoms with Crippen molar-refractivity contribution in [3.8, 4) is 0 Å². The molecule has 1 aliphatic carbocycles. The molecule has 1 rings (SSSR count). The van der Waals surface area contributed by atoms with Crippen molar-refractivity contribution in [2.24, 2.45) is 29.4 Å². The van der Waals surface area contributed by atoms with Crippen LogP contribution >= 0.6 is 0 Å². The Morgan fingerprint density at radius 1 is 1.25 bits per heavy atom. The Bertz CT molecular complexity index is 354. The van der Waals surface area contributed by atoms with Crippen LogP contribution in [0.2, 0.25) is 0 Å². The molecule has 1 aliphatic rings. The second-order valence-electron chi connectivity index (χ2n) is 7.54. The SMILES string of the molecule is CC(C)[C@@H](C(=O)NC(C)(C)C)[C@H](CCC1CC1)C(N)=O. The minimum atomic E-state index is -0.349. The summed E-state index contributed by atoms with van der Waals surface area (Å²) in [6.07, 6.45) is 4.26. The van der Waals surface area contributed by atoms with Gasteiger partial charge in [-0.05, 0) is 45.4 Å². The molecule has 0 aromatic rings. The molecule has 0 heterocycles. The normalized spacial score (nSPS) is 18.7. The summed E-state index contributed by atoms with van der Waals surface area (Å²) in [5, 5.41) is 2.99. The maximum Gasteiger partial charge on any atom is 0.224 e. The summed E-state index contributed by atoms with van der Waals surface area (Å²) in [7, 11) is 0. The lowest BCUT2D eigenvalue weighted by Gasteiger charge is -2.31. The van der Waals surface area contributed by atoms with Crippen LogP contribution in [0.5, 0.6) is 0 Å². The lowest BCUT2D eigenvalue weighted by molar-refractivity contribution is -0.136. The predicted molar refractivity (Wildman–Crippen MR) is 80.9 cm³/mol. The molecule has 0 aromatic carbocycles. The molecule has 0 spiro atoms. The van der Waals surface area contributed by atoms with Crippen LogP contribution < -0.4 is 11.1 Å². The summed E-state index contributed by atoms with van der Waals surface area (Å²) in [5.41, 5.74) is 5.28. The molecule has 0 radical (unpaired) electrons. The van der Waals surface area contributed by atoms with Crippen molar-refractivity contribution in [2.75, 3.05) is 0 Å². The molecule has 20 heavy (non-hydrogen) atoms. The Balaban J connectivity index is 2.77. The van der Waals surface area contributed by atoms with Crippen LogP contribution in [-0.2, 0) is 9.59 Å². The molecule has 2 amide bonds. The van der Waals surface area contributed by atoms with Gasteiger partial charge in [0.15, 0.2) is 0 Å². The van der Waals surface area contributed by atoms with Crippen molar-refractivity contribution in [1.29, 1.82) is 0 Å². The van der Waals surface area contributed by atoms with E-state index in [4.69, 9.17) is 5.73 Å². The zero-order chi connectivity index (χ0) is 15.5. The number of primary amides is 1. The van der Waals surface area contributed by atoms with Gasteiger partial charge in [-0.3, -0.25) is 9.59 Å². The van der Waals surface area contributed by atoms with E-state index >= 15 is 0 Å². The molecule has 0 unspecified atom stereocenters. The Hall–Kier alpha value is -1.06. The van der Waals surface area contributed by atoms with Gasteiger partial charge in [0, 0.05) is 11.5 Å². The number of rotatable bonds is 7. The number of nitrogens with two attached hydrogens (primary N) is 1. The van der Waals surface area contributed by atoms with Crippen LogP contribution in [0.3, 0.4) is 0 Å². The van der Waals surface area contributed by atoms with E-state index in [0.717, 1.165) is 18.8 Å². The highest BCUT2D eigenvalue weighted by molar-refractivity contribution is 5.87. The van der Waals surface area contributed by atoms with E-state index in [1.165, 1.54) is 12.8 Å². The molecule has 116 valence electrons. The number of hydrogen-bond acceptors (Lipinski definition) is 2. The Morgan fingerprint density at radius 3 is 2.15 bits per heavy atom. The summed E-state index contributed by atoms with van der Waals surface area (Å²) < 4.78 is 0. The van der Waals surface area contributed by atoms with Crippen LogP contribution in [0.25, 0.3) is 0 Å². The van der Waals surface area contributed by atoms with E-state index in [2.05, 4.69) is 5.32 Å². The molecule has 4 heteroatoms. The zero-order valence-corrected chi connectivity index (χ0v) is 13.5. The van der Waals surface area contributed by atoms with Crippen molar-refractivity contribution in [1.82, 2.24) is 5.32 Å². The topological polar surface area (TPSA) is 72.2 Å². The summed E-state index contributed by atoms with van der Waals surface area (Å²) in [6, 6.07) is 0. The molecule has 0 aliphatic heterocycles. The maximum atomic E-state index is 12.5. The monoisotopic (exact) mass is 282 g/mol. The maximum absolute atomic E-state index is 12.5. The third kappa shape index (κ3) is 5.51. The fraction of sp³-hybridized carbons (Fsp3) is 0.875. The summed E-state index contributed by atoms with van der Waals surface area (Å²) in [5.74, 6) is -0.215. The van der Waals surface area contributed by atoms with Gasteiger partial charge < -0.3 is 11.1 Å². The van der Waals surface area contributed by atoms with Gasteiger partial charge >= 0.3 is 0 Å². The molecule has 4 nitrogen and oxygen atoms in total. The predicted octanol–water partition coefficient (Wildman–Crippen LogP) is 2.46. The lowest BCUT2D eigenvalue weighted by atomic mass is 9.79. The first-order valence-corrected chi connectivity index (χ1v) is 7.73. The van der Waals surface area contributed by atoms with Gasteiger partial charge in [-0.1, -0.05) is 26.7 Å². The molecule has 0 saturated heterocycles. The number of amides is 2. The van der Waals surface area contributed by atoms with Gasteiger partial charge in [-0.25, -0.2) is 0 Å². The van der Waals surface area contributed by atoms with Gasteiger partial charge in [0.05, 0.1) is 5.92 Å². The van der Waals surface area contributed by atoms with Gasteiger partial charge in [-0.2, -0.15) is 0 Å². The Labute approximate surface area is 122 Å². The number of carbonyl (C=O) groups is 2. The third-order valence-electron chi connectivity index (χ3n) is 3.90. The van der Waals surface area contributed by atoms with E-state index in [-0.39, 0.29) is 35.1 Å². The zero-order valence-electron chi connectivity index (χ0n) is 13.5. The molecular weight excluding hydrogens is 252 g/mol. The van der Waals surface area contributed by atoms with E-state index in [1.54, 1.807) is 0 Å². The Kier molecular flexibility index (Phi) is 5.60.